The molecule has 0 rings (SSSR count). The van der Waals surface area contributed by atoms with Crippen LogP contribution in [-0.4, -0.2) is 34.9 Å². The monoisotopic (exact) mass is 1050 g/mol. The molecule has 0 aliphatic carbocycles. The largest absolute Gasteiger partial charge is 0.394 e. The van der Waals surface area contributed by atoms with Gasteiger partial charge in [0, 0.05) is 6.42 Å². The van der Waals surface area contributed by atoms with Crippen LogP contribution < -0.4 is 5.32 Å². The van der Waals surface area contributed by atoms with Gasteiger partial charge in [-0.15, -0.1) is 0 Å². The zero-order chi connectivity index (χ0) is 54.1. The highest BCUT2D eigenvalue weighted by Gasteiger charge is 2.18. The Kier molecular flexibility index (Phi) is 64.2. The first kappa shape index (κ1) is 72.8. The summed E-state index contributed by atoms with van der Waals surface area (Å²) in [6.45, 7) is 4.23. The lowest BCUT2D eigenvalue weighted by molar-refractivity contribution is -0.123. The second-order valence-corrected chi connectivity index (χ2v) is 22.9. The summed E-state index contributed by atoms with van der Waals surface area (Å²) >= 11 is 0. The molecule has 0 bridgehead atoms. The molecule has 0 aromatic carbocycles. The van der Waals surface area contributed by atoms with Crippen molar-refractivity contribution in [2.24, 2.45) is 0 Å². The van der Waals surface area contributed by atoms with Crippen LogP contribution >= 0.6 is 0 Å². The molecule has 438 valence electrons. The van der Waals surface area contributed by atoms with Gasteiger partial charge in [0.25, 0.3) is 0 Å². The van der Waals surface area contributed by atoms with Crippen molar-refractivity contribution in [1.29, 1.82) is 0 Å². The smallest absolute Gasteiger partial charge is 0.220 e. The topological polar surface area (TPSA) is 69.6 Å². The molecule has 1 amide bonds. The molecule has 3 N–H and O–H groups in total. The Morgan fingerprint density at radius 2 is 0.587 bits per heavy atom. The molecule has 75 heavy (non-hydrogen) atoms. The molecule has 4 nitrogen and oxygen atoms in total. The van der Waals surface area contributed by atoms with Crippen LogP contribution in [0.3, 0.4) is 0 Å². The molecule has 0 aliphatic rings. The second kappa shape index (κ2) is 66.1. The summed E-state index contributed by atoms with van der Waals surface area (Å²) in [7, 11) is 0. The number of amides is 1. The van der Waals surface area contributed by atoms with Crippen molar-refractivity contribution in [3.05, 3.63) is 72.9 Å². The van der Waals surface area contributed by atoms with E-state index in [-0.39, 0.29) is 12.5 Å². The second-order valence-electron chi connectivity index (χ2n) is 22.9. The van der Waals surface area contributed by atoms with Crippen molar-refractivity contribution in [3.63, 3.8) is 0 Å². The Hall–Kier alpha value is -2.17. The lowest BCUT2D eigenvalue weighted by Gasteiger charge is -2.20. The number of aliphatic hydroxyl groups excluding tert-OH is 2. The molecule has 0 fully saturated rings. The van der Waals surface area contributed by atoms with E-state index < -0.39 is 12.1 Å². The van der Waals surface area contributed by atoms with Gasteiger partial charge in [-0.25, -0.2) is 0 Å². The summed E-state index contributed by atoms with van der Waals surface area (Å²) in [5, 5.41) is 23.3. The van der Waals surface area contributed by atoms with Crippen molar-refractivity contribution in [3.8, 4) is 0 Å². The zero-order valence-electron chi connectivity index (χ0n) is 50.6. The Labute approximate surface area is 469 Å². The molecule has 2 unspecified atom stereocenters. The fourth-order valence-electron chi connectivity index (χ4n) is 10.4. The van der Waals surface area contributed by atoms with E-state index in [0.717, 1.165) is 57.8 Å². The molecule has 0 heterocycles. The Morgan fingerprint density at radius 1 is 0.333 bits per heavy atom. The summed E-state index contributed by atoms with van der Waals surface area (Å²) in [5.41, 5.74) is 0. The quantitative estimate of drug-likeness (QED) is 0.0420. The van der Waals surface area contributed by atoms with E-state index >= 15 is 0 Å². The minimum absolute atomic E-state index is 0.0590. The highest BCUT2D eigenvalue weighted by atomic mass is 16.3. The molecule has 0 aromatic rings. The Morgan fingerprint density at radius 3 is 0.880 bits per heavy atom. The summed E-state index contributed by atoms with van der Waals surface area (Å²) in [6.07, 6.45) is 95.5. The van der Waals surface area contributed by atoms with E-state index in [1.54, 1.807) is 6.08 Å². The van der Waals surface area contributed by atoms with Crippen LogP contribution in [0.15, 0.2) is 72.9 Å². The maximum absolute atomic E-state index is 12.5. The van der Waals surface area contributed by atoms with Crippen LogP contribution in [0.2, 0.25) is 0 Å². The molecule has 0 radical (unpaired) electrons. The lowest BCUT2D eigenvalue weighted by Crippen LogP contribution is -2.45. The maximum Gasteiger partial charge on any atom is 0.220 e. The third-order valence-corrected chi connectivity index (χ3v) is 15.4. The van der Waals surface area contributed by atoms with Gasteiger partial charge in [0.05, 0.1) is 18.8 Å². The average molecular weight is 1050 g/mol. The normalized spacial score (nSPS) is 13.2. The maximum atomic E-state index is 12.5. The van der Waals surface area contributed by atoms with Gasteiger partial charge >= 0.3 is 0 Å². The number of aliphatic hydroxyl groups is 2. The van der Waals surface area contributed by atoms with Crippen molar-refractivity contribution in [1.82, 2.24) is 5.32 Å². The zero-order valence-corrected chi connectivity index (χ0v) is 50.6. The molecular weight excluding hydrogens is 915 g/mol. The SMILES string of the molecule is CC/C=C\C/C=C\C/C=C\C/C=C\C/C=C\CCCCCCCCCCCCCCCCCCCCCC(=O)NC(CO)C(O)/C=C/CCCCCCCCCCCCCCCCCCCCCCCCCCCC. The van der Waals surface area contributed by atoms with Gasteiger partial charge in [0.15, 0.2) is 0 Å². The van der Waals surface area contributed by atoms with Crippen LogP contribution in [0.4, 0.5) is 0 Å². The Bertz CT molecular complexity index is 1280. The first-order valence-corrected chi connectivity index (χ1v) is 33.7. The van der Waals surface area contributed by atoms with Gasteiger partial charge in [-0.2, -0.15) is 0 Å². The van der Waals surface area contributed by atoms with Crippen molar-refractivity contribution >= 4 is 5.91 Å². The number of hydrogen-bond acceptors (Lipinski definition) is 3. The molecule has 0 saturated carbocycles. The van der Waals surface area contributed by atoms with Crippen LogP contribution in [-0.2, 0) is 4.79 Å². The van der Waals surface area contributed by atoms with Gasteiger partial charge in [0.1, 0.15) is 0 Å². The first-order chi connectivity index (χ1) is 37.2. The van der Waals surface area contributed by atoms with Crippen molar-refractivity contribution < 1.29 is 15.0 Å². The van der Waals surface area contributed by atoms with Gasteiger partial charge in [0.2, 0.25) is 5.91 Å². The molecular formula is C71H131NO3. The molecule has 0 aromatic heterocycles. The molecule has 2 atom stereocenters. The van der Waals surface area contributed by atoms with E-state index in [2.05, 4.69) is 79.9 Å². The van der Waals surface area contributed by atoms with E-state index in [9.17, 15) is 15.0 Å². The number of carbonyl (C=O) groups excluding carboxylic acids is 1. The van der Waals surface area contributed by atoms with Gasteiger partial charge in [-0.3, -0.25) is 4.79 Å². The van der Waals surface area contributed by atoms with Crippen molar-refractivity contribution in [2.75, 3.05) is 6.61 Å². The lowest BCUT2D eigenvalue weighted by atomic mass is 10.0. The number of rotatable bonds is 62. The number of nitrogens with one attached hydrogen (secondary N) is 1. The fraction of sp³-hybridized carbons (Fsp3) is 0.817. The number of hydrogen-bond donors (Lipinski definition) is 3. The number of unbranched alkanes of at least 4 members (excludes halogenated alkanes) is 45. The fourth-order valence-corrected chi connectivity index (χ4v) is 10.4. The van der Waals surface area contributed by atoms with Gasteiger partial charge in [-0.1, -0.05) is 356 Å². The van der Waals surface area contributed by atoms with Crippen LogP contribution in [0.5, 0.6) is 0 Å². The molecule has 0 aliphatic heterocycles. The van der Waals surface area contributed by atoms with Crippen LogP contribution in [0, 0.1) is 0 Å². The third kappa shape index (κ3) is 62.6. The summed E-state index contributed by atoms with van der Waals surface area (Å²) in [5.74, 6) is -0.0590. The van der Waals surface area contributed by atoms with Gasteiger partial charge in [-0.05, 0) is 64.2 Å². The van der Waals surface area contributed by atoms with Crippen LogP contribution in [0.25, 0.3) is 0 Å². The van der Waals surface area contributed by atoms with Crippen LogP contribution in [0.1, 0.15) is 354 Å². The van der Waals surface area contributed by atoms with E-state index in [1.807, 2.05) is 6.08 Å². The molecule has 0 spiro atoms. The van der Waals surface area contributed by atoms with Crippen molar-refractivity contribution in [2.45, 2.75) is 366 Å². The van der Waals surface area contributed by atoms with E-state index in [4.69, 9.17) is 0 Å². The minimum atomic E-state index is -0.842. The summed E-state index contributed by atoms with van der Waals surface area (Å²) < 4.78 is 0. The van der Waals surface area contributed by atoms with Gasteiger partial charge < -0.3 is 15.5 Å². The van der Waals surface area contributed by atoms with E-state index in [0.29, 0.717) is 6.42 Å². The third-order valence-electron chi connectivity index (χ3n) is 15.4. The highest BCUT2D eigenvalue weighted by molar-refractivity contribution is 5.76. The predicted octanol–water partition coefficient (Wildman–Crippen LogP) is 22.9. The predicted molar refractivity (Wildman–Crippen MR) is 336 cm³/mol. The minimum Gasteiger partial charge on any atom is -0.394 e. The van der Waals surface area contributed by atoms with E-state index in [1.165, 1.54) is 276 Å². The molecule has 0 saturated heterocycles. The standard InChI is InChI=1S/C71H131NO3/c1-3-5-7-9-11-13-15-17-19-21-23-25-27-29-31-33-34-35-36-37-38-39-41-43-45-47-49-51-53-55-57-59-61-63-65-67-71(75)72-69(68-73)70(74)66-64-62-60-58-56-54-52-50-48-46-44-42-40-32-30-28-26-24-22-20-18-16-14-12-10-8-6-4-2/h5,7,11,13,17,19,23,25,29,31,64,66,69-70,73-74H,3-4,6,8-10,12,14-16,18,20-22,24,26-28,30,32-63,65,67-68H2,1-2H3,(H,72,75)/b7-5-,13-11-,19-17-,25-23-,31-29-,66-64+. The summed E-state index contributed by atoms with van der Waals surface area (Å²) in [4.78, 5) is 12.5. The summed E-state index contributed by atoms with van der Waals surface area (Å²) in [6, 6.07) is -0.625. The molecule has 4 heteroatoms. The Balaban J connectivity index is 3.45. The number of allylic oxidation sites excluding steroid dienone is 11. The number of carbonyl (C=O) groups is 1. The average Bonchev–Trinajstić information content (AvgIpc) is 3.41. The first-order valence-electron chi connectivity index (χ1n) is 33.7. The highest BCUT2D eigenvalue weighted by Crippen LogP contribution is 2.18.